The number of fused-ring (bicyclic) bond motifs is 1. The summed E-state index contributed by atoms with van der Waals surface area (Å²) in [7, 11) is 0. The van der Waals surface area contributed by atoms with Gasteiger partial charge in [-0.15, -0.1) is 0 Å². The average Bonchev–Trinajstić information content (AvgIpc) is 2.57. The van der Waals surface area contributed by atoms with Gasteiger partial charge in [-0.05, 0) is 52.6 Å². The molecule has 0 aliphatic heterocycles. The molecule has 0 heterocycles. The van der Waals surface area contributed by atoms with E-state index in [9.17, 15) is 13.6 Å². The van der Waals surface area contributed by atoms with E-state index in [1.54, 1.807) is 12.1 Å². The lowest BCUT2D eigenvalue weighted by molar-refractivity contribution is -0.0498. The summed E-state index contributed by atoms with van der Waals surface area (Å²) in [6.45, 7) is 1.28. The van der Waals surface area contributed by atoms with Crippen LogP contribution in [0.2, 0.25) is 0 Å². The summed E-state index contributed by atoms with van der Waals surface area (Å²) in [6, 6.07) is 12.2. The summed E-state index contributed by atoms with van der Waals surface area (Å²) < 4.78 is 28.9. The number of hydrogen-bond acceptors (Lipinski definition) is 2. The van der Waals surface area contributed by atoms with Crippen LogP contribution in [0.5, 0.6) is 5.75 Å². The fraction of sp³-hybridized carbons (Fsp3) is 0.350. The lowest BCUT2D eigenvalue weighted by Crippen LogP contribution is -2.40. The maximum absolute atomic E-state index is 12.3. The molecule has 0 saturated carbocycles. The molecule has 0 radical (unpaired) electrons. The van der Waals surface area contributed by atoms with Crippen LogP contribution in [-0.4, -0.2) is 17.8 Å². The zero-order valence-electron chi connectivity index (χ0n) is 14.6. The number of alkyl halides is 2. The minimum Gasteiger partial charge on any atom is -0.465 e. The van der Waals surface area contributed by atoms with Crippen LogP contribution in [0.4, 0.5) is 13.6 Å². The lowest BCUT2D eigenvalue weighted by Gasteiger charge is -2.40. The lowest BCUT2D eigenvalue weighted by atomic mass is 9.70. The first-order valence-electron chi connectivity index (χ1n) is 8.44. The van der Waals surface area contributed by atoms with Crippen molar-refractivity contribution in [3.63, 3.8) is 0 Å². The van der Waals surface area contributed by atoms with Gasteiger partial charge in [-0.25, -0.2) is 4.79 Å². The van der Waals surface area contributed by atoms with Crippen LogP contribution >= 0.6 is 0 Å². The van der Waals surface area contributed by atoms with E-state index in [-0.39, 0.29) is 17.2 Å². The molecule has 2 aromatic carbocycles. The highest BCUT2D eigenvalue weighted by Gasteiger charge is 2.37. The van der Waals surface area contributed by atoms with Gasteiger partial charge < -0.3 is 15.2 Å². The minimum atomic E-state index is -2.84. The largest absolute Gasteiger partial charge is 0.465 e. The van der Waals surface area contributed by atoms with Crippen molar-refractivity contribution >= 4 is 6.09 Å². The maximum atomic E-state index is 12.3. The first kappa shape index (κ1) is 18.2. The van der Waals surface area contributed by atoms with Gasteiger partial charge in [0, 0.05) is 0 Å². The molecule has 1 unspecified atom stereocenters. The highest BCUT2D eigenvalue weighted by Crippen LogP contribution is 2.44. The minimum absolute atomic E-state index is 0.120. The van der Waals surface area contributed by atoms with Crippen LogP contribution in [-0.2, 0) is 6.42 Å². The number of rotatable bonds is 4. The molecule has 2 aromatic rings. The summed E-state index contributed by atoms with van der Waals surface area (Å²) in [4.78, 5) is 11.2. The quantitative estimate of drug-likeness (QED) is 0.783. The van der Waals surface area contributed by atoms with E-state index in [2.05, 4.69) is 23.9 Å². The summed E-state index contributed by atoms with van der Waals surface area (Å²) in [5, 5.41) is 11.8. The molecule has 6 heteroatoms. The standard InChI is InChI=1S/C20H21F2NO3/c1-20(2)10-9-14-11-13(5-8-16(14)17(20)23-19(24)25)12-3-6-15(7-4-12)26-18(21)22/h3-8,11,17-18,23H,9-10H2,1-2H3,(H,24,25). The second kappa shape index (κ2) is 6.94. The van der Waals surface area contributed by atoms with Gasteiger partial charge in [-0.2, -0.15) is 8.78 Å². The third kappa shape index (κ3) is 3.79. The third-order valence-electron chi connectivity index (χ3n) is 4.95. The van der Waals surface area contributed by atoms with Gasteiger partial charge in [0.2, 0.25) is 0 Å². The normalized spacial score (nSPS) is 18.3. The Balaban J connectivity index is 1.90. The van der Waals surface area contributed by atoms with Crippen LogP contribution in [0, 0.1) is 5.41 Å². The molecule has 4 nitrogen and oxygen atoms in total. The molecule has 1 amide bonds. The predicted octanol–water partition coefficient (Wildman–Crippen LogP) is 5.24. The number of carboxylic acid groups (broad SMARTS) is 1. The third-order valence-corrected chi connectivity index (χ3v) is 4.95. The monoisotopic (exact) mass is 361 g/mol. The van der Waals surface area contributed by atoms with Gasteiger partial charge in [0.15, 0.2) is 0 Å². The van der Waals surface area contributed by atoms with Gasteiger partial charge in [-0.3, -0.25) is 0 Å². The molecule has 26 heavy (non-hydrogen) atoms. The van der Waals surface area contributed by atoms with Gasteiger partial charge >= 0.3 is 12.7 Å². The predicted molar refractivity (Wildman–Crippen MR) is 94.5 cm³/mol. The Kier molecular flexibility index (Phi) is 4.85. The number of amides is 1. The van der Waals surface area contributed by atoms with E-state index >= 15 is 0 Å². The Morgan fingerprint density at radius 2 is 1.85 bits per heavy atom. The fourth-order valence-electron chi connectivity index (χ4n) is 3.53. The van der Waals surface area contributed by atoms with Gasteiger partial charge in [0.05, 0.1) is 6.04 Å². The van der Waals surface area contributed by atoms with Gasteiger partial charge in [0.25, 0.3) is 0 Å². The van der Waals surface area contributed by atoms with Gasteiger partial charge in [0.1, 0.15) is 5.75 Å². The molecular weight excluding hydrogens is 340 g/mol. The van der Waals surface area contributed by atoms with Crippen molar-refractivity contribution in [2.24, 2.45) is 5.41 Å². The van der Waals surface area contributed by atoms with Crippen molar-refractivity contribution in [3.05, 3.63) is 53.6 Å². The fourth-order valence-corrected chi connectivity index (χ4v) is 3.53. The second-order valence-electron chi connectivity index (χ2n) is 7.19. The summed E-state index contributed by atoms with van der Waals surface area (Å²) in [5.41, 5.74) is 3.78. The summed E-state index contributed by atoms with van der Waals surface area (Å²) in [6.07, 6.45) is 0.699. The number of ether oxygens (including phenoxy) is 1. The van der Waals surface area contributed by atoms with Crippen LogP contribution in [0.1, 0.15) is 37.4 Å². The zero-order valence-corrected chi connectivity index (χ0v) is 14.6. The molecule has 1 aliphatic rings. The summed E-state index contributed by atoms with van der Waals surface area (Å²) >= 11 is 0. The molecular formula is C20H21F2NO3. The number of carbonyl (C=O) groups is 1. The van der Waals surface area contributed by atoms with Crippen LogP contribution in [0.25, 0.3) is 11.1 Å². The van der Waals surface area contributed by atoms with Crippen molar-refractivity contribution in [3.8, 4) is 16.9 Å². The number of benzene rings is 2. The SMILES string of the molecule is CC1(C)CCc2cc(-c3ccc(OC(F)F)cc3)ccc2C1NC(=O)O. The van der Waals surface area contributed by atoms with Crippen molar-refractivity contribution in [1.82, 2.24) is 5.32 Å². The van der Waals surface area contributed by atoms with Crippen LogP contribution in [0.3, 0.4) is 0 Å². The van der Waals surface area contributed by atoms with Gasteiger partial charge in [-0.1, -0.05) is 44.2 Å². The number of halogens is 2. The average molecular weight is 361 g/mol. The Bertz CT molecular complexity index is 803. The first-order chi connectivity index (χ1) is 12.3. The van der Waals surface area contributed by atoms with Crippen LogP contribution in [0.15, 0.2) is 42.5 Å². The van der Waals surface area contributed by atoms with E-state index in [0.29, 0.717) is 0 Å². The van der Waals surface area contributed by atoms with E-state index in [4.69, 9.17) is 5.11 Å². The molecule has 138 valence electrons. The summed E-state index contributed by atoms with van der Waals surface area (Å²) in [5.74, 6) is 0.120. The maximum Gasteiger partial charge on any atom is 0.405 e. The van der Waals surface area contributed by atoms with E-state index in [1.165, 1.54) is 12.1 Å². The second-order valence-corrected chi connectivity index (χ2v) is 7.19. The van der Waals surface area contributed by atoms with Crippen molar-refractivity contribution in [2.45, 2.75) is 39.3 Å². The number of aryl methyl sites for hydroxylation is 1. The van der Waals surface area contributed by atoms with Crippen LogP contribution < -0.4 is 10.1 Å². The molecule has 0 spiro atoms. The Morgan fingerprint density at radius 3 is 2.46 bits per heavy atom. The van der Waals surface area contributed by atoms with Crippen molar-refractivity contribution < 1.29 is 23.4 Å². The highest BCUT2D eigenvalue weighted by atomic mass is 19.3. The zero-order chi connectivity index (χ0) is 18.9. The smallest absolute Gasteiger partial charge is 0.405 e. The Hall–Kier alpha value is -2.63. The molecule has 0 aromatic heterocycles. The molecule has 3 rings (SSSR count). The first-order valence-corrected chi connectivity index (χ1v) is 8.44. The molecule has 1 atom stereocenters. The van der Waals surface area contributed by atoms with E-state index < -0.39 is 12.7 Å². The van der Waals surface area contributed by atoms with E-state index in [0.717, 1.165) is 35.1 Å². The molecule has 1 aliphatic carbocycles. The Labute approximate surface area is 150 Å². The van der Waals surface area contributed by atoms with Crippen molar-refractivity contribution in [2.75, 3.05) is 0 Å². The number of nitrogens with one attached hydrogen (secondary N) is 1. The molecule has 0 bridgehead atoms. The topological polar surface area (TPSA) is 58.6 Å². The molecule has 0 saturated heterocycles. The number of hydrogen-bond donors (Lipinski definition) is 2. The van der Waals surface area contributed by atoms with E-state index in [1.807, 2.05) is 18.2 Å². The molecule has 0 fully saturated rings. The highest BCUT2D eigenvalue weighted by molar-refractivity contribution is 5.68. The molecule has 2 N–H and O–H groups in total. The van der Waals surface area contributed by atoms with Crippen molar-refractivity contribution in [1.29, 1.82) is 0 Å². The Morgan fingerprint density at radius 1 is 1.19 bits per heavy atom.